The summed E-state index contributed by atoms with van der Waals surface area (Å²) in [4.78, 5) is 16.6. The largest absolute Gasteiger partial charge is 0.336 e. The van der Waals surface area contributed by atoms with Crippen molar-refractivity contribution in [2.45, 2.75) is 0 Å². The molecule has 1 fully saturated rings. The zero-order chi connectivity index (χ0) is 13.0. The van der Waals surface area contributed by atoms with Crippen molar-refractivity contribution in [2.75, 3.05) is 38.1 Å². The van der Waals surface area contributed by atoms with E-state index in [4.69, 9.17) is 0 Å². The molecule has 3 nitrogen and oxygen atoms in total. The molecule has 0 spiro atoms. The first-order valence-electron chi connectivity index (χ1n) is 6.04. The van der Waals surface area contributed by atoms with Crippen LogP contribution in [0.3, 0.4) is 0 Å². The third-order valence-electron chi connectivity index (χ3n) is 3.13. The van der Waals surface area contributed by atoms with E-state index in [1.54, 1.807) is 0 Å². The Labute approximate surface area is 130 Å². The van der Waals surface area contributed by atoms with E-state index >= 15 is 0 Å². The minimum Gasteiger partial charge on any atom is -0.336 e. The lowest BCUT2D eigenvalue weighted by molar-refractivity contribution is 0.0645. The fourth-order valence-electron chi connectivity index (χ4n) is 2.10. The number of amides is 1. The van der Waals surface area contributed by atoms with Gasteiger partial charge in [-0.2, -0.15) is 0 Å². The molecule has 1 amide bonds. The van der Waals surface area contributed by atoms with E-state index in [-0.39, 0.29) is 5.91 Å². The lowest BCUT2D eigenvalue weighted by Crippen LogP contribution is -2.49. The number of halogens is 2. The summed E-state index contributed by atoms with van der Waals surface area (Å²) in [7, 11) is 0. The Bertz CT molecular complexity index is 419. The molecule has 98 valence electrons. The Morgan fingerprint density at radius 1 is 1.28 bits per heavy atom. The van der Waals surface area contributed by atoms with Gasteiger partial charge in [-0.25, -0.2) is 0 Å². The second kappa shape index (κ2) is 6.86. The Morgan fingerprint density at radius 3 is 2.61 bits per heavy atom. The second-order valence-electron chi connectivity index (χ2n) is 4.33. The summed E-state index contributed by atoms with van der Waals surface area (Å²) in [5, 5.41) is 0.998. The van der Waals surface area contributed by atoms with Crippen molar-refractivity contribution in [2.24, 2.45) is 0 Å². The molecule has 0 saturated carbocycles. The molecule has 0 N–H and O–H groups in total. The number of rotatable bonds is 3. The summed E-state index contributed by atoms with van der Waals surface area (Å²) >= 11 is 5.69. The van der Waals surface area contributed by atoms with Crippen LogP contribution in [0.25, 0.3) is 0 Å². The van der Waals surface area contributed by atoms with Crippen LogP contribution in [-0.4, -0.2) is 53.8 Å². The van der Waals surface area contributed by atoms with Crippen LogP contribution in [-0.2, 0) is 0 Å². The highest BCUT2D eigenvalue weighted by Gasteiger charge is 2.21. The topological polar surface area (TPSA) is 23.6 Å². The maximum Gasteiger partial charge on any atom is 0.253 e. The van der Waals surface area contributed by atoms with Gasteiger partial charge in [-0.15, -0.1) is 0 Å². The van der Waals surface area contributed by atoms with E-state index in [2.05, 4.69) is 43.4 Å². The molecule has 0 unspecified atom stereocenters. The molecule has 0 aliphatic carbocycles. The van der Waals surface area contributed by atoms with Crippen molar-refractivity contribution < 1.29 is 4.79 Å². The molecule has 1 aliphatic rings. The lowest BCUT2D eigenvalue weighted by atomic mass is 10.2. The highest BCUT2D eigenvalue weighted by atomic mass is 127. The van der Waals surface area contributed by atoms with Gasteiger partial charge in [-0.05, 0) is 40.8 Å². The average molecular weight is 423 g/mol. The normalized spacial score (nSPS) is 16.9. The van der Waals surface area contributed by atoms with Crippen molar-refractivity contribution in [3.63, 3.8) is 0 Å². The summed E-state index contributed by atoms with van der Waals surface area (Å²) in [6, 6.07) is 7.80. The van der Waals surface area contributed by atoms with Crippen LogP contribution in [0.2, 0.25) is 0 Å². The van der Waals surface area contributed by atoms with Gasteiger partial charge in [-0.1, -0.05) is 22.0 Å². The van der Waals surface area contributed by atoms with Gasteiger partial charge in [0.25, 0.3) is 5.91 Å². The maximum absolute atomic E-state index is 12.3. The first-order chi connectivity index (χ1) is 8.70. The van der Waals surface area contributed by atoms with Crippen molar-refractivity contribution in [3.8, 4) is 0 Å². The van der Waals surface area contributed by atoms with Gasteiger partial charge < -0.3 is 4.90 Å². The van der Waals surface area contributed by atoms with Crippen molar-refractivity contribution in [3.05, 3.63) is 33.4 Å². The van der Waals surface area contributed by atoms with Crippen molar-refractivity contribution >= 4 is 44.4 Å². The fourth-order valence-corrected chi connectivity index (χ4v) is 3.14. The van der Waals surface area contributed by atoms with Crippen LogP contribution in [0, 0.1) is 3.57 Å². The Kier molecular flexibility index (Phi) is 5.44. The maximum atomic E-state index is 12.3. The van der Waals surface area contributed by atoms with Gasteiger partial charge in [0, 0.05) is 47.2 Å². The fraction of sp³-hybridized carbons (Fsp3) is 0.462. The van der Waals surface area contributed by atoms with Gasteiger partial charge in [-0.3, -0.25) is 9.69 Å². The molecule has 0 atom stereocenters. The predicted octanol–water partition coefficient (Wildman–Crippen LogP) is 2.44. The molecule has 18 heavy (non-hydrogen) atoms. The zero-order valence-electron chi connectivity index (χ0n) is 10.1. The van der Waals surface area contributed by atoms with E-state index < -0.39 is 0 Å². The summed E-state index contributed by atoms with van der Waals surface area (Å²) in [5.41, 5.74) is 0.802. The highest BCUT2D eigenvalue weighted by molar-refractivity contribution is 14.1. The van der Waals surface area contributed by atoms with Crippen LogP contribution in [0.5, 0.6) is 0 Å². The van der Waals surface area contributed by atoms with E-state index in [1.807, 2.05) is 29.2 Å². The number of hydrogen-bond donors (Lipinski definition) is 0. The van der Waals surface area contributed by atoms with E-state index in [1.165, 1.54) is 0 Å². The average Bonchev–Trinajstić information content (AvgIpc) is 2.39. The lowest BCUT2D eigenvalue weighted by Gasteiger charge is -2.34. The van der Waals surface area contributed by atoms with Gasteiger partial charge >= 0.3 is 0 Å². The SMILES string of the molecule is O=C(c1cccc(I)c1)N1CCN(CCBr)CC1. The monoisotopic (exact) mass is 422 g/mol. The molecule has 0 aromatic heterocycles. The third-order valence-corrected chi connectivity index (χ3v) is 4.16. The number of benzene rings is 1. The molecule has 1 heterocycles. The van der Waals surface area contributed by atoms with Gasteiger partial charge in [0.15, 0.2) is 0 Å². The van der Waals surface area contributed by atoms with E-state index in [0.717, 1.165) is 47.2 Å². The Balaban J connectivity index is 1.95. The number of nitrogens with zero attached hydrogens (tertiary/aromatic N) is 2. The molecular weight excluding hydrogens is 407 g/mol. The first-order valence-corrected chi connectivity index (χ1v) is 8.24. The van der Waals surface area contributed by atoms with Gasteiger partial charge in [0.05, 0.1) is 0 Å². The minimum atomic E-state index is 0.159. The van der Waals surface area contributed by atoms with Crippen LogP contribution < -0.4 is 0 Å². The summed E-state index contributed by atoms with van der Waals surface area (Å²) in [6.45, 7) is 4.67. The molecule has 0 radical (unpaired) electrons. The van der Waals surface area contributed by atoms with Crippen LogP contribution >= 0.6 is 38.5 Å². The molecular formula is C13H16BrIN2O. The predicted molar refractivity (Wildman–Crippen MR) is 85.3 cm³/mol. The van der Waals surface area contributed by atoms with Gasteiger partial charge in [0.2, 0.25) is 0 Å². The molecule has 2 rings (SSSR count). The summed E-state index contributed by atoms with van der Waals surface area (Å²) in [6.07, 6.45) is 0. The Morgan fingerprint density at radius 2 is 2.00 bits per heavy atom. The summed E-state index contributed by atoms with van der Waals surface area (Å²) in [5.74, 6) is 0.159. The van der Waals surface area contributed by atoms with E-state index in [0.29, 0.717) is 0 Å². The standard InChI is InChI=1S/C13H16BrIN2O/c14-4-5-16-6-8-17(9-7-16)13(18)11-2-1-3-12(15)10-11/h1-3,10H,4-9H2. The number of alkyl halides is 1. The minimum absolute atomic E-state index is 0.159. The number of carbonyl (C=O) groups is 1. The summed E-state index contributed by atoms with van der Waals surface area (Å²) < 4.78 is 1.11. The van der Waals surface area contributed by atoms with Crippen LogP contribution in [0.1, 0.15) is 10.4 Å². The van der Waals surface area contributed by atoms with Crippen molar-refractivity contribution in [1.29, 1.82) is 0 Å². The smallest absolute Gasteiger partial charge is 0.253 e. The molecule has 1 aromatic carbocycles. The van der Waals surface area contributed by atoms with Crippen molar-refractivity contribution in [1.82, 2.24) is 9.80 Å². The molecule has 1 aromatic rings. The van der Waals surface area contributed by atoms with E-state index in [9.17, 15) is 4.79 Å². The van der Waals surface area contributed by atoms with Crippen LogP contribution in [0.4, 0.5) is 0 Å². The molecule has 1 saturated heterocycles. The number of carbonyl (C=O) groups excluding carboxylic acids is 1. The quantitative estimate of drug-likeness (QED) is 0.551. The highest BCUT2D eigenvalue weighted by Crippen LogP contribution is 2.12. The molecule has 0 bridgehead atoms. The van der Waals surface area contributed by atoms with Crippen LogP contribution in [0.15, 0.2) is 24.3 Å². The molecule has 1 aliphatic heterocycles. The first kappa shape index (κ1) is 14.3. The number of piperazine rings is 1. The second-order valence-corrected chi connectivity index (χ2v) is 6.37. The number of hydrogen-bond acceptors (Lipinski definition) is 2. The third kappa shape index (κ3) is 3.68. The van der Waals surface area contributed by atoms with Gasteiger partial charge in [0.1, 0.15) is 0 Å². The molecule has 5 heteroatoms. The Hall–Kier alpha value is -0.140. The zero-order valence-corrected chi connectivity index (χ0v) is 13.9.